The predicted molar refractivity (Wildman–Crippen MR) is 81.9 cm³/mol. The fraction of sp³-hybridized carbons (Fsp3) is 0.294. The minimum Gasteiger partial charge on any atom is -0.456 e. The van der Waals surface area contributed by atoms with Crippen LogP contribution in [0.4, 0.5) is 0 Å². The van der Waals surface area contributed by atoms with Gasteiger partial charge in [0, 0.05) is 17.8 Å². The first kappa shape index (κ1) is 15.0. The summed E-state index contributed by atoms with van der Waals surface area (Å²) in [5.74, 6) is 0.530. The van der Waals surface area contributed by atoms with Gasteiger partial charge in [0.05, 0.1) is 5.69 Å². The maximum absolute atomic E-state index is 11.5. The first-order chi connectivity index (χ1) is 9.99. The molecule has 0 aliphatic carbocycles. The second-order valence-corrected chi connectivity index (χ2v) is 5.12. The molecule has 1 heterocycles. The standard InChI is InChI=1S/C17H20N2O2/c1-12(2)17(20)21-11-16-13(3)19(14(4)18-16)10-15-8-6-5-7-9-15/h5-9H,1,10-11H2,2-4H3. The molecule has 4 nitrogen and oxygen atoms in total. The lowest BCUT2D eigenvalue weighted by Crippen LogP contribution is -2.07. The Kier molecular flexibility index (Phi) is 4.58. The highest BCUT2D eigenvalue weighted by Gasteiger charge is 2.13. The fourth-order valence-electron chi connectivity index (χ4n) is 2.13. The van der Waals surface area contributed by atoms with E-state index in [9.17, 15) is 4.79 Å². The van der Waals surface area contributed by atoms with Crippen molar-refractivity contribution in [1.82, 2.24) is 9.55 Å². The second-order valence-electron chi connectivity index (χ2n) is 5.12. The van der Waals surface area contributed by atoms with Crippen molar-refractivity contribution in [3.05, 3.63) is 65.3 Å². The third kappa shape index (κ3) is 3.60. The third-order valence-corrected chi connectivity index (χ3v) is 3.38. The van der Waals surface area contributed by atoms with Gasteiger partial charge in [0.15, 0.2) is 0 Å². The molecular formula is C17H20N2O2. The molecule has 1 aromatic carbocycles. The van der Waals surface area contributed by atoms with Gasteiger partial charge in [-0.15, -0.1) is 0 Å². The largest absolute Gasteiger partial charge is 0.456 e. The van der Waals surface area contributed by atoms with Crippen molar-refractivity contribution in [2.75, 3.05) is 0 Å². The van der Waals surface area contributed by atoms with E-state index in [1.54, 1.807) is 6.92 Å². The zero-order chi connectivity index (χ0) is 15.4. The third-order valence-electron chi connectivity index (χ3n) is 3.38. The van der Waals surface area contributed by atoms with E-state index >= 15 is 0 Å². The van der Waals surface area contributed by atoms with Gasteiger partial charge in [-0.1, -0.05) is 36.9 Å². The lowest BCUT2D eigenvalue weighted by atomic mass is 10.2. The second kappa shape index (κ2) is 6.39. The highest BCUT2D eigenvalue weighted by Crippen LogP contribution is 2.15. The fourth-order valence-corrected chi connectivity index (χ4v) is 2.13. The number of esters is 1. The predicted octanol–water partition coefficient (Wildman–Crippen LogP) is 3.17. The van der Waals surface area contributed by atoms with Gasteiger partial charge >= 0.3 is 5.97 Å². The topological polar surface area (TPSA) is 44.1 Å². The van der Waals surface area contributed by atoms with Crippen LogP contribution in [0.2, 0.25) is 0 Å². The molecule has 0 saturated heterocycles. The average molecular weight is 284 g/mol. The van der Waals surface area contributed by atoms with E-state index in [1.165, 1.54) is 5.56 Å². The summed E-state index contributed by atoms with van der Waals surface area (Å²) in [6, 6.07) is 10.2. The van der Waals surface area contributed by atoms with E-state index in [2.05, 4.69) is 28.3 Å². The van der Waals surface area contributed by atoms with Crippen molar-refractivity contribution in [3.63, 3.8) is 0 Å². The van der Waals surface area contributed by atoms with Gasteiger partial charge in [-0.05, 0) is 26.3 Å². The van der Waals surface area contributed by atoms with Crippen LogP contribution in [0.5, 0.6) is 0 Å². The van der Waals surface area contributed by atoms with Gasteiger partial charge in [0.25, 0.3) is 0 Å². The summed E-state index contributed by atoms with van der Waals surface area (Å²) in [7, 11) is 0. The van der Waals surface area contributed by atoms with Crippen LogP contribution in [-0.2, 0) is 22.7 Å². The van der Waals surface area contributed by atoms with Crippen LogP contribution in [0, 0.1) is 13.8 Å². The highest BCUT2D eigenvalue weighted by molar-refractivity contribution is 5.86. The molecule has 110 valence electrons. The molecule has 0 saturated carbocycles. The molecule has 0 N–H and O–H groups in total. The zero-order valence-corrected chi connectivity index (χ0v) is 12.7. The zero-order valence-electron chi connectivity index (χ0n) is 12.7. The van der Waals surface area contributed by atoms with E-state index in [-0.39, 0.29) is 12.6 Å². The van der Waals surface area contributed by atoms with Crippen molar-refractivity contribution >= 4 is 5.97 Å². The van der Waals surface area contributed by atoms with E-state index in [1.807, 2.05) is 32.0 Å². The van der Waals surface area contributed by atoms with Crippen molar-refractivity contribution in [1.29, 1.82) is 0 Å². The van der Waals surface area contributed by atoms with Crippen molar-refractivity contribution in [2.45, 2.75) is 33.9 Å². The van der Waals surface area contributed by atoms with Crippen LogP contribution >= 0.6 is 0 Å². The molecule has 0 aliphatic rings. The van der Waals surface area contributed by atoms with E-state index in [0.717, 1.165) is 23.8 Å². The summed E-state index contributed by atoms with van der Waals surface area (Å²) in [6.07, 6.45) is 0. The quantitative estimate of drug-likeness (QED) is 0.625. The Bertz CT molecular complexity index is 657. The van der Waals surface area contributed by atoms with Gasteiger partial charge < -0.3 is 9.30 Å². The number of rotatable bonds is 5. The summed E-state index contributed by atoms with van der Waals surface area (Å²) in [6.45, 7) is 10.1. The van der Waals surface area contributed by atoms with E-state index in [0.29, 0.717) is 5.57 Å². The maximum atomic E-state index is 11.5. The van der Waals surface area contributed by atoms with Crippen LogP contribution in [0.3, 0.4) is 0 Å². The normalized spacial score (nSPS) is 10.4. The molecule has 0 bridgehead atoms. The first-order valence-corrected chi connectivity index (χ1v) is 6.88. The first-order valence-electron chi connectivity index (χ1n) is 6.88. The molecule has 2 rings (SSSR count). The number of hydrogen-bond donors (Lipinski definition) is 0. The molecule has 21 heavy (non-hydrogen) atoms. The molecule has 4 heteroatoms. The van der Waals surface area contributed by atoms with Gasteiger partial charge in [-0.25, -0.2) is 9.78 Å². The Hall–Kier alpha value is -2.36. The van der Waals surface area contributed by atoms with Crippen molar-refractivity contribution in [3.8, 4) is 0 Å². The number of carbonyl (C=O) groups excluding carboxylic acids is 1. The molecule has 2 aromatic rings. The molecule has 0 unspecified atom stereocenters. The van der Waals surface area contributed by atoms with Gasteiger partial charge in [-0.3, -0.25) is 0 Å². The molecular weight excluding hydrogens is 264 g/mol. The van der Waals surface area contributed by atoms with Gasteiger partial charge in [0.2, 0.25) is 0 Å². The lowest BCUT2D eigenvalue weighted by molar-refractivity contribution is -0.140. The molecule has 0 aliphatic heterocycles. The maximum Gasteiger partial charge on any atom is 0.333 e. The Labute approximate surface area is 125 Å². The number of benzene rings is 1. The van der Waals surface area contributed by atoms with Crippen molar-refractivity contribution in [2.24, 2.45) is 0 Å². The SMILES string of the molecule is C=C(C)C(=O)OCc1nc(C)n(Cc2ccccc2)c1C. The number of imidazole rings is 1. The molecule has 0 spiro atoms. The molecule has 0 amide bonds. The minimum absolute atomic E-state index is 0.181. The summed E-state index contributed by atoms with van der Waals surface area (Å²) in [5.41, 5.74) is 3.42. The summed E-state index contributed by atoms with van der Waals surface area (Å²) >= 11 is 0. The Morgan fingerprint density at radius 2 is 1.95 bits per heavy atom. The minimum atomic E-state index is -0.385. The highest BCUT2D eigenvalue weighted by atomic mass is 16.5. The number of ether oxygens (including phenoxy) is 1. The van der Waals surface area contributed by atoms with Crippen LogP contribution in [0.1, 0.15) is 29.7 Å². The van der Waals surface area contributed by atoms with E-state index in [4.69, 9.17) is 4.74 Å². The smallest absolute Gasteiger partial charge is 0.333 e. The summed E-state index contributed by atoms with van der Waals surface area (Å²) in [4.78, 5) is 15.9. The van der Waals surface area contributed by atoms with Crippen molar-refractivity contribution < 1.29 is 9.53 Å². The molecule has 0 atom stereocenters. The van der Waals surface area contributed by atoms with E-state index < -0.39 is 0 Å². The number of hydrogen-bond acceptors (Lipinski definition) is 3. The van der Waals surface area contributed by atoms with Crippen LogP contribution in [0.25, 0.3) is 0 Å². The van der Waals surface area contributed by atoms with Crippen LogP contribution < -0.4 is 0 Å². The Balaban J connectivity index is 2.14. The molecule has 0 fully saturated rings. The number of aryl methyl sites for hydroxylation is 1. The average Bonchev–Trinajstić information content (AvgIpc) is 2.73. The van der Waals surface area contributed by atoms with Crippen LogP contribution in [-0.4, -0.2) is 15.5 Å². The molecule has 1 aromatic heterocycles. The Morgan fingerprint density at radius 1 is 1.29 bits per heavy atom. The van der Waals surface area contributed by atoms with Crippen LogP contribution in [0.15, 0.2) is 42.5 Å². The lowest BCUT2D eigenvalue weighted by Gasteiger charge is -2.08. The summed E-state index contributed by atoms with van der Waals surface area (Å²) in [5, 5.41) is 0. The van der Waals surface area contributed by atoms with Gasteiger partial charge in [-0.2, -0.15) is 0 Å². The summed E-state index contributed by atoms with van der Waals surface area (Å²) < 4.78 is 7.30. The Morgan fingerprint density at radius 3 is 2.57 bits per heavy atom. The number of aromatic nitrogens is 2. The molecule has 0 radical (unpaired) electrons. The monoisotopic (exact) mass is 284 g/mol. The van der Waals surface area contributed by atoms with Gasteiger partial charge in [0.1, 0.15) is 12.4 Å². The number of nitrogens with zero attached hydrogens (tertiary/aromatic N) is 2. The number of carbonyl (C=O) groups is 1.